The first-order valence-electron chi connectivity index (χ1n) is 5.35. The summed E-state index contributed by atoms with van der Waals surface area (Å²) in [4.78, 5) is 22.8. The van der Waals surface area contributed by atoms with Crippen molar-refractivity contribution >= 4 is 0 Å². The van der Waals surface area contributed by atoms with E-state index in [0.29, 0.717) is 17.4 Å². The Morgan fingerprint density at radius 3 is 2.88 bits per heavy atom. The van der Waals surface area contributed by atoms with E-state index in [9.17, 15) is 4.79 Å². The molecule has 1 saturated carbocycles. The van der Waals surface area contributed by atoms with Gasteiger partial charge in [0.15, 0.2) is 5.82 Å². The van der Waals surface area contributed by atoms with Crippen LogP contribution in [-0.2, 0) is 0 Å². The lowest BCUT2D eigenvalue weighted by Gasteiger charge is -2.01. The minimum Gasteiger partial charge on any atom is -0.305 e. The van der Waals surface area contributed by atoms with Crippen molar-refractivity contribution in [1.82, 2.24) is 15.0 Å². The fourth-order valence-corrected chi connectivity index (χ4v) is 1.69. The van der Waals surface area contributed by atoms with Crippen molar-refractivity contribution in [1.29, 1.82) is 0 Å². The number of hydrogen-bond acceptors (Lipinski definition) is 3. The van der Waals surface area contributed by atoms with Crippen molar-refractivity contribution in [3.63, 3.8) is 0 Å². The molecule has 2 aromatic rings. The molecule has 2 heterocycles. The van der Waals surface area contributed by atoms with Crippen LogP contribution in [0.3, 0.4) is 0 Å². The van der Waals surface area contributed by atoms with Crippen LogP contribution in [0, 0.1) is 0 Å². The molecule has 0 radical (unpaired) electrons. The van der Waals surface area contributed by atoms with Gasteiger partial charge in [-0.15, -0.1) is 0 Å². The molecule has 1 aliphatic carbocycles. The SMILES string of the molecule is O=c1cc(C2CC2)nc(-c2ccccn2)[nH]1. The van der Waals surface area contributed by atoms with Crippen molar-refractivity contribution in [2.24, 2.45) is 0 Å². The molecule has 16 heavy (non-hydrogen) atoms. The first-order valence-corrected chi connectivity index (χ1v) is 5.35. The predicted octanol–water partition coefficient (Wildman–Crippen LogP) is 1.71. The molecule has 1 fully saturated rings. The maximum atomic E-state index is 11.5. The molecule has 0 bridgehead atoms. The maximum absolute atomic E-state index is 11.5. The van der Waals surface area contributed by atoms with Crippen LogP contribution in [-0.4, -0.2) is 15.0 Å². The summed E-state index contributed by atoms with van der Waals surface area (Å²) >= 11 is 0. The third-order valence-electron chi connectivity index (χ3n) is 2.66. The average Bonchev–Trinajstić information content (AvgIpc) is 3.13. The quantitative estimate of drug-likeness (QED) is 0.826. The van der Waals surface area contributed by atoms with Crippen LogP contribution in [0.1, 0.15) is 24.5 Å². The maximum Gasteiger partial charge on any atom is 0.251 e. The molecule has 0 saturated heterocycles. The van der Waals surface area contributed by atoms with Crippen LogP contribution >= 0.6 is 0 Å². The minimum absolute atomic E-state index is 0.0995. The predicted molar refractivity (Wildman–Crippen MR) is 60.1 cm³/mol. The van der Waals surface area contributed by atoms with Gasteiger partial charge < -0.3 is 4.98 Å². The average molecular weight is 213 g/mol. The number of pyridine rings is 1. The number of aromatic amines is 1. The van der Waals surface area contributed by atoms with Gasteiger partial charge in [0, 0.05) is 18.2 Å². The molecule has 1 N–H and O–H groups in total. The number of rotatable bonds is 2. The molecule has 0 unspecified atom stereocenters. The molecule has 0 aromatic carbocycles. The summed E-state index contributed by atoms with van der Waals surface area (Å²) < 4.78 is 0. The molecule has 3 rings (SSSR count). The van der Waals surface area contributed by atoms with E-state index < -0.39 is 0 Å². The van der Waals surface area contributed by atoms with Crippen molar-refractivity contribution < 1.29 is 0 Å². The molecule has 4 nitrogen and oxygen atoms in total. The molecule has 80 valence electrons. The van der Waals surface area contributed by atoms with Gasteiger partial charge >= 0.3 is 0 Å². The van der Waals surface area contributed by atoms with Gasteiger partial charge in [-0.1, -0.05) is 6.07 Å². The highest BCUT2D eigenvalue weighted by Crippen LogP contribution is 2.38. The van der Waals surface area contributed by atoms with Crippen molar-refractivity contribution in [2.75, 3.05) is 0 Å². The van der Waals surface area contributed by atoms with Gasteiger partial charge in [0.1, 0.15) is 5.69 Å². The highest BCUT2D eigenvalue weighted by molar-refractivity contribution is 5.48. The zero-order valence-electron chi connectivity index (χ0n) is 8.68. The lowest BCUT2D eigenvalue weighted by atomic mass is 10.2. The van der Waals surface area contributed by atoms with E-state index in [1.807, 2.05) is 18.2 Å². The normalized spacial score (nSPS) is 15.0. The molecule has 1 aliphatic rings. The topological polar surface area (TPSA) is 58.6 Å². The second kappa shape index (κ2) is 3.56. The van der Waals surface area contributed by atoms with E-state index >= 15 is 0 Å². The third-order valence-corrected chi connectivity index (χ3v) is 2.66. The summed E-state index contributed by atoms with van der Waals surface area (Å²) in [7, 11) is 0. The van der Waals surface area contributed by atoms with E-state index in [-0.39, 0.29) is 5.56 Å². The Labute approximate surface area is 92.4 Å². The zero-order chi connectivity index (χ0) is 11.0. The van der Waals surface area contributed by atoms with Crippen LogP contribution in [0.15, 0.2) is 35.3 Å². The summed E-state index contributed by atoms with van der Waals surface area (Å²) in [5.74, 6) is 1.04. The number of H-pyrrole nitrogens is 1. The molecule has 0 aliphatic heterocycles. The van der Waals surface area contributed by atoms with Crippen molar-refractivity contribution in [2.45, 2.75) is 18.8 Å². The third kappa shape index (κ3) is 1.74. The van der Waals surface area contributed by atoms with Crippen LogP contribution in [0.25, 0.3) is 11.5 Å². The minimum atomic E-state index is -0.0995. The Kier molecular flexibility index (Phi) is 2.06. The van der Waals surface area contributed by atoms with Crippen LogP contribution in [0.5, 0.6) is 0 Å². The Bertz CT molecular complexity index is 558. The molecule has 0 atom stereocenters. The van der Waals surface area contributed by atoms with Gasteiger partial charge in [0.25, 0.3) is 5.56 Å². The second-order valence-electron chi connectivity index (χ2n) is 4.01. The Hall–Kier alpha value is -1.97. The molecule has 0 spiro atoms. The number of nitrogens with zero attached hydrogens (tertiary/aromatic N) is 2. The number of aromatic nitrogens is 3. The fourth-order valence-electron chi connectivity index (χ4n) is 1.69. The van der Waals surface area contributed by atoms with Gasteiger partial charge in [0.2, 0.25) is 0 Å². The van der Waals surface area contributed by atoms with Gasteiger partial charge in [0.05, 0.1) is 5.69 Å². The Balaban J connectivity index is 2.10. The lowest BCUT2D eigenvalue weighted by Crippen LogP contribution is -2.10. The fraction of sp³-hybridized carbons (Fsp3) is 0.250. The summed E-state index contributed by atoms with van der Waals surface area (Å²) in [6, 6.07) is 7.15. The van der Waals surface area contributed by atoms with E-state index in [0.717, 1.165) is 18.5 Å². The van der Waals surface area contributed by atoms with E-state index in [2.05, 4.69) is 15.0 Å². The molecular weight excluding hydrogens is 202 g/mol. The molecule has 4 heteroatoms. The van der Waals surface area contributed by atoms with E-state index in [4.69, 9.17) is 0 Å². The summed E-state index contributed by atoms with van der Waals surface area (Å²) in [6.45, 7) is 0. The largest absolute Gasteiger partial charge is 0.305 e. The molecule has 0 amide bonds. The van der Waals surface area contributed by atoms with Crippen LogP contribution in [0.4, 0.5) is 0 Å². The van der Waals surface area contributed by atoms with Crippen LogP contribution < -0.4 is 5.56 Å². The summed E-state index contributed by atoms with van der Waals surface area (Å²) in [6.07, 6.45) is 3.97. The first kappa shape index (κ1) is 9.27. The lowest BCUT2D eigenvalue weighted by molar-refractivity contribution is 0.970. The highest BCUT2D eigenvalue weighted by atomic mass is 16.1. The summed E-state index contributed by atoms with van der Waals surface area (Å²) in [5, 5.41) is 0. The van der Waals surface area contributed by atoms with E-state index in [1.165, 1.54) is 0 Å². The van der Waals surface area contributed by atoms with Crippen molar-refractivity contribution in [3.05, 3.63) is 46.5 Å². The van der Waals surface area contributed by atoms with E-state index in [1.54, 1.807) is 12.3 Å². The molecule has 2 aromatic heterocycles. The number of hydrogen-bond donors (Lipinski definition) is 1. The number of nitrogens with one attached hydrogen (secondary N) is 1. The van der Waals surface area contributed by atoms with Gasteiger partial charge in [-0.25, -0.2) is 4.98 Å². The monoisotopic (exact) mass is 213 g/mol. The zero-order valence-corrected chi connectivity index (χ0v) is 8.68. The van der Waals surface area contributed by atoms with Gasteiger partial charge in [-0.3, -0.25) is 9.78 Å². The van der Waals surface area contributed by atoms with Crippen LogP contribution in [0.2, 0.25) is 0 Å². The summed E-state index contributed by atoms with van der Waals surface area (Å²) in [5.41, 5.74) is 1.50. The van der Waals surface area contributed by atoms with Gasteiger partial charge in [-0.05, 0) is 25.0 Å². The van der Waals surface area contributed by atoms with Gasteiger partial charge in [-0.2, -0.15) is 0 Å². The smallest absolute Gasteiger partial charge is 0.251 e. The standard InChI is InChI=1S/C12H11N3O/c16-11-7-10(8-4-5-8)14-12(15-11)9-3-1-2-6-13-9/h1-3,6-8H,4-5H2,(H,14,15,16). The Morgan fingerprint density at radius 1 is 1.31 bits per heavy atom. The highest BCUT2D eigenvalue weighted by Gasteiger charge is 2.25. The Morgan fingerprint density at radius 2 is 2.19 bits per heavy atom. The van der Waals surface area contributed by atoms with Crippen molar-refractivity contribution in [3.8, 4) is 11.5 Å². The molecular formula is C12H11N3O. The first-order chi connectivity index (χ1) is 7.83. The second-order valence-corrected chi connectivity index (χ2v) is 4.01.